The van der Waals surface area contributed by atoms with Crippen LogP contribution in [0, 0.1) is 5.82 Å². The number of nitrogen functional groups attached to an aromatic ring is 1. The van der Waals surface area contributed by atoms with Crippen molar-refractivity contribution in [3.05, 3.63) is 48.0 Å². The first-order valence-electron chi connectivity index (χ1n) is 11.3. The zero-order chi connectivity index (χ0) is 24.5. The number of carbonyl (C=O) groups is 2. The van der Waals surface area contributed by atoms with E-state index >= 15 is 0 Å². The summed E-state index contributed by atoms with van der Waals surface area (Å²) in [6.45, 7) is 5.45. The van der Waals surface area contributed by atoms with Gasteiger partial charge in [0.25, 0.3) is 5.91 Å². The third-order valence-electron chi connectivity index (χ3n) is 5.79. The number of nitrogens with two attached hydrogens (primary N) is 1. The molecule has 1 aliphatic rings. The van der Waals surface area contributed by atoms with Gasteiger partial charge >= 0.3 is 6.09 Å². The van der Waals surface area contributed by atoms with Crippen molar-refractivity contribution in [3.8, 4) is 11.4 Å². The summed E-state index contributed by atoms with van der Waals surface area (Å²) in [5.74, 6) is 4.81. The SMILES string of the molecule is CC(C)(C)OC(=O)N[C@H]1CCC[C@@H](n2c(-c3ccccc3F)nc3cnc(C(=O)NN)cc32)C1. The Labute approximate surface area is 196 Å². The van der Waals surface area contributed by atoms with Gasteiger partial charge in [-0.2, -0.15) is 0 Å². The molecule has 180 valence electrons. The molecule has 1 saturated carbocycles. The molecule has 1 aromatic carbocycles. The first kappa shape index (κ1) is 23.6. The molecule has 2 heterocycles. The lowest BCUT2D eigenvalue weighted by molar-refractivity contribution is 0.0486. The van der Waals surface area contributed by atoms with Gasteiger partial charge in [0, 0.05) is 12.1 Å². The number of pyridine rings is 1. The smallest absolute Gasteiger partial charge is 0.407 e. The second-order valence-corrected chi connectivity index (χ2v) is 9.48. The Hall–Kier alpha value is -3.53. The molecule has 34 heavy (non-hydrogen) atoms. The maximum absolute atomic E-state index is 14.8. The van der Waals surface area contributed by atoms with Crippen LogP contribution in [0.5, 0.6) is 0 Å². The molecule has 1 aliphatic carbocycles. The van der Waals surface area contributed by atoms with Gasteiger partial charge in [-0.3, -0.25) is 10.2 Å². The van der Waals surface area contributed by atoms with Crippen molar-refractivity contribution in [2.75, 3.05) is 0 Å². The molecule has 1 fully saturated rings. The summed E-state index contributed by atoms with van der Waals surface area (Å²) in [6, 6.07) is 7.84. The number of aromatic nitrogens is 3. The van der Waals surface area contributed by atoms with E-state index in [1.165, 1.54) is 12.3 Å². The molecule has 2 atom stereocenters. The summed E-state index contributed by atoms with van der Waals surface area (Å²) in [5, 5.41) is 2.96. The fraction of sp³-hybridized carbons (Fsp3) is 0.417. The van der Waals surface area contributed by atoms with Crippen molar-refractivity contribution < 1.29 is 18.7 Å². The standard InChI is InChI=1S/C24H29FN6O3/c1-24(2,3)34-23(33)28-14-7-6-8-15(11-14)31-20-12-18(22(32)30-26)27-13-19(20)29-21(31)16-9-4-5-10-17(16)25/h4-5,9-10,12-15H,6-8,11,26H2,1-3H3,(H,28,33)(H,30,32)/t14-,15+/m0/s1. The van der Waals surface area contributed by atoms with Crippen LogP contribution >= 0.6 is 0 Å². The number of carbonyl (C=O) groups excluding carboxylic acids is 2. The molecular weight excluding hydrogens is 439 g/mol. The van der Waals surface area contributed by atoms with Crippen molar-refractivity contribution in [2.24, 2.45) is 5.84 Å². The first-order chi connectivity index (χ1) is 16.2. The Morgan fingerprint density at radius 2 is 2.00 bits per heavy atom. The van der Waals surface area contributed by atoms with Gasteiger partial charge in [0.1, 0.15) is 28.5 Å². The number of hydrazine groups is 1. The van der Waals surface area contributed by atoms with Crippen LogP contribution in [0.4, 0.5) is 9.18 Å². The lowest BCUT2D eigenvalue weighted by Crippen LogP contribution is -2.41. The van der Waals surface area contributed by atoms with Gasteiger partial charge in [-0.1, -0.05) is 12.1 Å². The Balaban J connectivity index is 1.74. The molecule has 0 aliphatic heterocycles. The van der Waals surface area contributed by atoms with Gasteiger partial charge in [0.15, 0.2) is 0 Å². The molecule has 2 amide bonds. The number of imidazole rings is 1. The molecule has 10 heteroatoms. The minimum absolute atomic E-state index is 0.0931. The maximum Gasteiger partial charge on any atom is 0.407 e. The summed E-state index contributed by atoms with van der Waals surface area (Å²) in [4.78, 5) is 33.3. The minimum atomic E-state index is -0.594. The largest absolute Gasteiger partial charge is 0.444 e. The summed E-state index contributed by atoms with van der Waals surface area (Å²) in [7, 11) is 0. The van der Waals surface area contributed by atoms with Crippen LogP contribution in [0.15, 0.2) is 36.5 Å². The number of rotatable bonds is 4. The highest BCUT2D eigenvalue weighted by Gasteiger charge is 2.30. The van der Waals surface area contributed by atoms with Crippen LogP contribution in [-0.2, 0) is 4.74 Å². The van der Waals surface area contributed by atoms with Crippen molar-refractivity contribution in [1.29, 1.82) is 0 Å². The van der Waals surface area contributed by atoms with Crippen molar-refractivity contribution in [1.82, 2.24) is 25.3 Å². The van der Waals surface area contributed by atoms with E-state index in [2.05, 4.69) is 20.7 Å². The summed E-state index contributed by atoms with van der Waals surface area (Å²) in [6.07, 6.45) is 4.09. The van der Waals surface area contributed by atoms with E-state index in [0.29, 0.717) is 28.8 Å². The van der Waals surface area contributed by atoms with Gasteiger partial charge in [-0.15, -0.1) is 0 Å². The highest BCUT2D eigenvalue weighted by molar-refractivity contribution is 5.95. The molecule has 0 saturated heterocycles. The maximum atomic E-state index is 14.8. The predicted octanol–water partition coefficient (Wildman–Crippen LogP) is 3.85. The van der Waals surface area contributed by atoms with Crippen molar-refractivity contribution in [3.63, 3.8) is 0 Å². The van der Waals surface area contributed by atoms with E-state index in [4.69, 9.17) is 10.6 Å². The molecule has 0 radical (unpaired) electrons. The van der Waals surface area contributed by atoms with Crippen LogP contribution in [0.2, 0.25) is 0 Å². The lowest BCUT2D eigenvalue weighted by Gasteiger charge is -2.32. The van der Waals surface area contributed by atoms with E-state index in [0.717, 1.165) is 19.3 Å². The van der Waals surface area contributed by atoms with Crippen LogP contribution in [0.25, 0.3) is 22.4 Å². The summed E-state index contributed by atoms with van der Waals surface area (Å²) < 4.78 is 22.2. The predicted molar refractivity (Wildman–Crippen MR) is 125 cm³/mol. The summed E-state index contributed by atoms with van der Waals surface area (Å²) in [5.41, 5.74) is 3.17. The highest BCUT2D eigenvalue weighted by atomic mass is 19.1. The van der Waals surface area contributed by atoms with Gasteiger partial charge < -0.3 is 14.6 Å². The molecule has 9 nitrogen and oxygen atoms in total. The average Bonchev–Trinajstić information content (AvgIpc) is 3.16. The second-order valence-electron chi connectivity index (χ2n) is 9.48. The Morgan fingerprint density at radius 1 is 1.24 bits per heavy atom. The molecule has 2 aromatic heterocycles. The Bertz CT molecular complexity index is 1220. The number of benzene rings is 1. The van der Waals surface area contributed by atoms with E-state index in [1.54, 1.807) is 24.3 Å². The zero-order valence-electron chi connectivity index (χ0n) is 19.5. The fourth-order valence-corrected chi connectivity index (χ4v) is 4.40. The van der Waals surface area contributed by atoms with E-state index < -0.39 is 23.4 Å². The fourth-order valence-electron chi connectivity index (χ4n) is 4.40. The number of hydrogen-bond donors (Lipinski definition) is 3. The third kappa shape index (κ3) is 5.01. The molecular formula is C24H29FN6O3. The van der Waals surface area contributed by atoms with Crippen LogP contribution in [0.1, 0.15) is 63.0 Å². The van der Waals surface area contributed by atoms with Gasteiger partial charge in [0.2, 0.25) is 0 Å². The monoisotopic (exact) mass is 468 g/mol. The van der Waals surface area contributed by atoms with Gasteiger partial charge in [-0.05, 0) is 64.7 Å². The van der Waals surface area contributed by atoms with E-state index in [9.17, 15) is 14.0 Å². The lowest BCUT2D eigenvalue weighted by atomic mass is 9.90. The minimum Gasteiger partial charge on any atom is -0.444 e. The van der Waals surface area contributed by atoms with Crippen LogP contribution in [-0.4, -0.2) is 38.2 Å². The number of halogens is 1. The third-order valence-corrected chi connectivity index (χ3v) is 5.79. The van der Waals surface area contributed by atoms with Crippen molar-refractivity contribution in [2.45, 2.75) is 64.1 Å². The zero-order valence-corrected chi connectivity index (χ0v) is 19.5. The number of nitrogens with one attached hydrogen (secondary N) is 2. The van der Waals surface area contributed by atoms with Gasteiger partial charge in [0.05, 0.1) is 17.3 Å². The van der Waals surface area contributed by atoms with Crippen molar-refractivity contribution >= 4 is 23.0 Å². The molecule has 0 bridgehead atoms. The second kappa shape index (κ2) is 9.38. The molecule has 3 aromatic rings. The average molecular weight is 469 g/mol. The van der Waals surface area contributed by atoms with Crippen LogP contribution < -0.4 is 16.6 Å². The number of hydrogen-bond acceptors (Lipinski definition) is 6. The van der Waals surface area contributed by atoms with E-state index in [-0.39, 0.29) is 17.8 Å². The quantitative estimate of drug-likeness (QED) is 0.304. The van der Waals surface area contributed by atoms with Gasteiger partial charge in [-0.25, -0.2) is 25.0 Å². The summed E-state index contributed by atoms with van der Waals surface area (Å²) >= 11 is 0. The number of fused-ring (bicyclic) bond motifs is 1. The molecule has 4 rings (SSSR count). The number of alkyl carbamates (subject to hydrolysis) is 1. The topological polar surface area (TPSA) is 124 Å². The van der Waals surface area contributed by atoms with Crippen LogP contribution in [0.3, 0.4) is 0 Å². The Kier molecular flexibility index (Phi) is 6.52. The molecule has 4 N–H and O–H groups in total. The van der Waals surface area contributed by atoms with E-state index in [1.807, 2.05) is 25.3 Å². The highest BCUT2D eigenvalue weighted by Crippen LogP contribution is 2.37. The number of nitrogens with zero attached hydrogens (tertiary/aromatic N) is 3. The first-order valence-corrected chi connectivity index (χ1v) is 11.3. The molecule has 0 spiro atoms. The number of ether oxygens (including phenoxy) is 1. The number of amides is 2. The normalized spacial score (nSPS) is 18.5. The Morgan fingerprint density at radius 3 is 2.71 bits per heavy atom. The molecule has 0 unspecified atom stereocenters.